The number of rotatable bonds is 6. The van der Waals surface area contributed by atoms with Crippen LogP contribution in [0.25, 0.3) is 0 Å². The molecular weight excluding hydrogens is 246 g/mol. The summed E-state index contributed by atoms with van der Waals surface area (Å²) in [4.78, 5) is 28.1. The van der Waals surface area contributed by atoms with E-state index in [1.807, 2.05) is 13.8 Å². The van der Waals surface area contributed by atoms with Crippen LogP contribution in [-0.2, 0) is 4.79 Å². The minimum Gasteiger partial charge on any atom is -0.397 e. The van der Waals surface area contributed by atoms with Crippen molar-refractivity contribution in [3.63, 3.8) is 0 Å². The molecule has 0 aliphatic rings. The Morgan fingerprint density at radius 1 is 1.37 bits per heavy atom. The second-order valence-electron chi connectivity index (χ2n) is 4.73. The summed E-state index contributed by atoms with van der Waals surface area (Å²) in [6.45, 7) is 4.60. The van der Waals surface area contributed by atoms with Gasteiger partial charge in [0.1, 0.15) is 5.82 Å². The summed E-state index contributed by atoms with van der Waals surface area (Å²) in [5.41, 5.74) is 16.4. The summed E-state index contributed by atoms with van der Waals surface area (Å²) >= 11 is 0. The summed E-state index contributed by atoms with van der Waals surface area (Å²) in [6, 6.07) is 1.48. The highest BCUT2D eigenvalue weighted by Gasteiger charge is 2.15. The van der Waals surface area contributed by atoms with E-state index < -0.39 is 11.8 Å². The number of anilines is 2. The van der Waals surface area contributed by atoms with Gasteiger partial charge in [0, 0.05) is 6.54 Å². The average Bonchev–Trinajstić information content (AvgIpc) is 2.27. The van der Waals surface area contributed by atoms with Gasteiger partial charge in [-0.3, -0.25) is 9.59 Å². The van der Waals surface area contributed by atoms with Crippen molar-refractivity contribution in [2.45, 2.75) is 13.8 Å². The minimum absolute atomic E-state index is 0.0211. The molecule has 2 amide bonds. The quantitative estimate of drug-likeness (QED) is 0.651. The Bertz CT molecular complexity index is 487. The maximum absolute atomic E-state index is 11.2. The molecule has 0 aromatic carbocycles. The van der Waals surface area contributed by atoms with Gasteiger partial charge in [0.25, 0.3) is 5.91 Å². The number of amides is 2. The number of aromatic nitrogens is 1. The predicted molar refractivity (Wildman–Crippen MR) is 73.4 cm³/mol. The maximum atomic E-state index is 11.2. The Morgan fingerprint density at radius 3 is 2.47 bits per heavy atom. The average molecular weight is 265 g/mol. The van der Waals surface area contributed by atoms with Gasteiger partial charge in [-0.2, -0.15) is 0 Å². The lowest BCUT2D eigenvalue weighted by Crippen LogP contribution is -2.37. The van der Waals surface area contributed by atoms with Crippen LogP contribution in [0.5, 0.6) is 0 Å². The van der Waals surface area contributed by atoms with Crippen molar-refractivity contribution in [3.8, 4) is 0 Å². The molecule has 6 N–H and O–H groups in total. The molecule has 0 radical (unpaired) electrons. The zero-order valence-corrected chi connectivity index (χ0v) is 11.1. The molecule has 0 bridgehead atoms. The lowest BCUT2D eigenvalue weighted by Gasteiger charge is -2.24. The second-order valence-corrected chi connectivity index (χ2v) is 4.73. The maximum Gasteiger partial charge on any atom is 0.250 e. The lowest BCUT2D eigenvalue weighted by atomic mass is 10.1. The standard InChI is InChI=1S/C12H19N5O2/c1-7(2)5-17(6-10(14)18)11-3-8(12(15)19)9(13)4-16-11/h3-4,7H,5-6,13H2,1-2H3,(H2,14,18)(H2,15,19). The molecule has 1 aromatic heterocycles. The molecule has 0 spiro atoms. The Hall–Kier alpha value is -2.31. The van der Waals surface area contributed by atoms with E-state index in [1.54, 1.807) is 4.90 Å². The Balaban J connectivity index is 3.11. The summed E-state index contributed by atoms with van der Waals surface area (Å²) in [5.74, 6) is -0.351. The first-order valence-corrected chi connectivity index (χ1v) is 5.89. The third-order valence-corrected chi connectivity index (χ3v) is 2.44. The number of nitrogen functional groups attached to an aromatic ring is 1. The molecule has 0 atom stereocenters. The SMILES string of the molecule is CC(C)CN(CC(N)=O)c1cc(C(N)=O)c(N)cn1. The molecule has 1 aromatic rings. The van der Waals surface area contributed by atoms with Crippen LogP contribution < -0.4 is 22.1 Å². The van der Waals surface area contributed by atoms with Crippen molar-refractivity contribution in [2.75, 3.05) is 23.7 Å². The second kappa shape index (κ2) is 6.03. The van der Waals surface area contributed by atoms with Crippen LogP contribution in [0.1, 0.15) is 24.2 Å². The lowest BCUT2D eigenvalue weighted by molar-refractivity contribution is -0.116. The van der Waals surface area contributed by atoms with E-state index in [1.165, 1.54) is 12.3 Å². The van der Waals surface area contributed by atoms with E-state index in [9.17, 15) is 9.59 Å². The summed E-state index contributed by atoms with van der Waals surface area (Å²) in [7, 11) is 0. The van der Waals surface area contributed by atoms with Crippen molar-refractivity contribution in [1.29, 1.82) is 0 Å². The number of hydrogen-bond donors (Lipinski definition) is 3. The van der Waals surface area contributed by atoms with Crippen LogP contribution in [0, 0.1) is 5.92 Å². The van der Waals surface area contributed by atoms with Crippen LogP contribution in [0.15, 0.2) is 12.3 Å². The van der Waals surface area contributed by atoms with Crippen LogP contribution in [0.4, 0.5) is 11.5 Å². The zero-order valence-electron chi connectivity index (χ0n) is 11.1. The first kappa shape index (κ1) is 14.7. The predicted octanol–water partition coefficient (Wildman–Crippen LogP) is -0.290. The number of carbonyl (C=O) groups is 2. The van der Waals surface area contributed by atoms with Crippen LogP contribution in [0.2, 0.25) is 0 Å². The van der Waals surface area contributed by atoms with Gasteiger partial charge in [-0.1, -0.05) is 13.8 Å². The van der Waals surface area contributed by atoms with E-state index in [2.05, 4.69) is 4.98 Å². The minimum atomic E-state index is -0.635. The number of carbonyl (C=O) groups excluding carboxylic acids is 2. The molecule has 0 saturated carbocycles. The van der Waals surface area contributed by atoms with E-state index >= 15 is 0 Å². The summed E-state index contributed by atoms with van der Waals surface area (Å²) in [5, 5.41) is 0. The smallest absolute Gasteiger partial charge is 0.250 e. The normalized spacial score (nSPS) is 10.5. The highest BCUT2D eigenvalue weighted by Crippen LogP contribution is 2.18. The largest absolute Gasteiger partial charge is 0.397 e. The molecule has 19 heavy (non-hydrogen) atoms. The number of nitrogens with zero attached hydrogens (tertiary/aromatic N) is 2. The Kier molecular flexibility index (Phi) is 4.68. The third-order valence-electron chi connectivity index (χ3n) is 2.44. The van der Waals surface area contributed by atoms with Crippen LogP contribution in [-0.4, -0.2) is 29.9 Å². The van der Waals surface area contributed by atoms with Crippen molar-refractivity contribution < 1.29 is 9.59 Å². The molecule has 1 heterocycles. The van der Waals surface area contributed by atoms with Gasteiger partial charge in [0.15, 0.2) is 0 Å². The van der Waals surface area contributed by atoms with Gasteiger partial charge >= 0.3 is 0 Å². The number of hydrogen-bond acceptors (Lipinski definition) is 5. The first-order valence-electron chi connectivity index (χ1n) is 5.89. The molecule has 0 unspecified atom stereocenters. The third kappa shape index (κ3) is 4.13. The zero-order chi connectivity index (χ0) is 14.6. The molecule has 7 nitrogen and oxygen atoms in total. The summed E-state index contributed by atoms with van der Waals surface area (Å²) in [6.07, 6.45) is 1.35. The van der Waals surface area contributed by atoms with E-state index in [0.29, 0.717) is 18.3 Å². The molecule has 7 heteroatoms. The first-order chi connectivity index (χ1) is 8.81. The molecule has 0 saturated heterocycles. The molecule has 1 rings (SSSR count). The van der Waals surface area contributed by atoms with Gasteiger partial charge < -0.3 is 22.1 Å². The fourth-order valence-electron chi connectivity index (χ4n) is 1.71. The Labute approximate surface area is 111 Å². The van der Waals surface area contributed by atoms with Gasteiger partial charge in [-0.05, 0) is 12.0 Å². The topological polar surface area (TPSA) is 128 Å². The van der Waals surface area contributed by atoms with E-state index in [-0.39, 0.29) is 17.8 Å². The van der Waals surface area contributed by atoms with Gasteiger partial charge in [0.05, 0.1) is 24.0 Å². The monoisotopic (exact) mass is 265 g/mol. The van der Waals surface area contributed by atoms with E-state index in [0.717, 1.165) is 0 Å². The van der Waals surface area contributed by atoms with Gasteiger partial charge in [-0.25, -0.2) is 4.98 Å². The molecule has 0 aliphatic carbocycles. The van der Waals surface area contributed by atoms with Crippen LogP contribution in [0.3, 0.4) is 0 Å². The van der Waals surface area contributed by atoms with Crippen molar-refractivity contribution in [1.82, 2.24) is 4.98 Å². The van der Waals surface area contributed by atoms with Crippen molar-refractivity contribution in [3.05, 3.63) is 17.8 Å². The number of pyridine rings is 1. The van der Waals surface area contributed by atoms with Gasteiger partial charge in [0.2, 0.25) is 5.91 Å². The number of nitrogens with two attached hydrogens (primary N) is 3. The van der Waals surface area contributed by atoms with E-state index in [4.69, 9.17) is 17.2 Å². The Morgan fingerprint density at radius 2 is 2.00 bits per heavy atom. The van der Waals surface area contributed by atoms with Crippen LogP contribution >= 0.6 is 0 Å². The molecule has 104 valence electrons. The van der Waals surface area contributed by atoms with Crippen molar-refractivity contribution >= 4 is 23.3 Å². The molecular formula is C12H19N5O2. The molecule has 0 aliphatic heterocycles. The highest BCUT2D eigenvalue weighted by molar-refractivity contribution is 5.98. The molecule has 0 fully saturated rings. The highest BCUT2D eigenvalue weighted by atomic mass is 16.1. The fraction of sp³-hybridized carbons (Fsp3) is 0.417. The fourth-order valence-corrected chi connectivity index (χ4v) is 1.71. The number of primary amides is 2. The van der Waals surface area contributed by atoms with Crippen molar-refractivity contribution in [2.24, 2.45) is 17.4 Å². The summed E-state index contributed by atoms with van der Waals surface area (Å²) < 4.78 is 0. The van der Waals surface area contributed by atoms with Gasteiger partial charge in [-0.15, -0.1) is 0 Å².